The van der Waals surface area contributed by atoms with E-state index in [4.69, 9.17) is 5.11 Å². The van der Waals surface area contributed by atoms with Gasteiger partial charge in [-0.25, -0.2) is 13.2 Å². The zero-order valence-electron chi connectivity index (χ0n) is 13.6. The van der Waals surface area contributed by atoms with E-state index in [0.717, 1.165) is 0 Å². The highest BCUT2D eigenvalue weighted by atomic mass is 79.9. The van der Waals surface area contributed by atoms with Gasteiger partial charge >= 0.3 is 6.09 Å². The summed E-state index contributed by atoms with van der Waals surface area (Å²) in [6.45, 7) is 4.28. The van der Waals surface area contributed by atoms with E-state index in [1.807, 2.05) is 0 Å². The van der Waals surface area contributed by atoms with Crippen LogP contribution in [0, 0.1) is 0 Å². The Labute approximate surface area is 147 Å². The first-order chi connectivity index (χ1) is 10.8. The summed E-state index contributed by atoms with van der Waals surface area (Å²) in [6.07, 6.45) is 0.139. The van der Waals surface area contributed by atoms with Gasteiger partial charge in [-0.15, -0.1) is 0 Å². The minimum absolute atomic E-state index is 0.170. The maximum Gasteiger partial charge on any atom is 0.410 e. The number of hydrogen-bond donors (Lipinski definition) is 2. The predicted octanol–water partition coefficient (Wildman–Crippen LogP) is 1.24. The van der Waals surface area contributed by atoms with Gasteiger partial charge < -0.3 is 9.67 Å². The Morgan fingerprint density at radius 2 is 2.00 bits per heavy atom. The normalized spacial score (nSPS) is 25.0. The standard InChI is InChI=1S/C14H18BrN3O5S/c1-13(2)11(16-12(20)21)17-14(3,7-24(13,22)23)9-5-8(15)6-18(4)10(9)19/h5-6H,7H2,1-4H3,(H,16,17)(H,20,21). The van der Waals surface area contributed by atoms with Crippen molar-refractivity contribution in [2.24, 2.45) is 12.0 Å². The summed E-state index contributed by atoms with van der Waals surface area (Å²) in [5, 5.41) is 11.1. The number of amides is 1. The van der Waals surface area contributed by atoms with Crippen molar-refractivity contribution in [3.63, 3.8) is 0 Å². The monoisotopic (exact) mass is 419 g/mol. The van der Waals surface area contributed by atoms with Crippen LogP contribution in [0.1, 0.15) is 26.3 Å². The van der Waals surface area contributed by atoms with Gasteiger partial charge in [0.1, 0.15) is 16.1 Å². The maximum atomic E-state index is 12.7. The molecule has 0 aliphatic carbocycles. The summed E-state index contributed by atoms with van der Waals surface area (Å²) in [4.78, 5) is 27.8. The minimum atomic E-state index is -3.77. The van der Waals surface area contributed by atoms with E-state index in [2.05, 4.69) is 26.2 Å². The SMILES string of the molecule is Cn1cc(Br)cc(C2(C)CS(=O)(=O)C(C)(C)C(NC(=O)O)=N2)c1=O. The number of halogens is 1. The second-order valence-corrected chi connectivity index (χ2v) is 9.88. The van der Waals surface area contributed by atoms with Crippen molar-refractivity contribution in [1.29, 1.82) is 0 Å². The number of amidine groups is 1. The van der Waals surface area contributed by atoms with Gasteiger partial charge in [0.05, 0.1) is 5.75 Å². The lowest BCUT2D eigenvalue weighted by atomic mass is 9.95. The molecule has 132 valence electrons. The largest absolute Gasteiger partial charge is 0.465 e. The molecule has 0 aromatic carbocycles. The Balaban J connectivity index is 2.78. The van der Waals surface area contributed by atoms with Gasteiger partial charge in [0.2, 0.25) is 0 Å². The molecule has 0 saturated carbocycles. The lowest BCUT2D eigenvalue weighted by Crippen LogP contribution is -2.58. The lowest BCUT2D eigenvalue weighted by molar-refractivity contribution is 0.199. The van der Waals surface area contributed by atoms with Crippen molar-refractivity contribution in [1.82, 2.24) is 9.88 Å². The maximum absolute atomic E-state index is 12.7. The molecule has 1 aromatic rings. The molecule has 2 N–H and O–H groups in total. The summed E-state index contributed by atoms with van der Waals surface area (Å²) in [6, 6.07) is 1.51. The molecule has 10 heteroatoms. The van der Waals surface area contributed by atoms with Gasteiger partial charge in [-0.3, -0.25) is 15.1 Å². The average Bonchev–Trinajstić information content (AvgIpc) is 2.39. The van der Waals surface area contributed by atoms with Crippen LogP contribution < -0.4 is 10.9 Å². The van der Waals surface area contributed by atoms with E-state index in [-0.39, 0.29) is 11.4 Å². The van der Waals surface area contributed by atoms with Crippen LogP contribution in [-0.2, 0) is 22.4 Å². The zero-order chi connectivity index (χ0) is 18.5. The molecule has 0 saturated heterocycles. The Hall–Kier alpha value is -1.68. The first-order valence-corrected chi connectivity index (χ1v) is 9.44. The molecule has 24 heavy (non-hydrogen) atoms. The van der Waals surface area contributed by atoms with E-state index >= 15 is 0 Å². The number of aryl methyl sites for hydroxylation is 1. The van der Waals surface area contributed by atoms with Gasteiger partial charge in [-0.05, 0) is 42.8 Å². The molecule has 0 fully saturated rings. The van der Waals surface area contributed by atoms with Crippen LogP contribution in [0.2, 0.25) is 0 Å². The van der Waals surface area contributed by atoms with Crippen molar-refractivity contribution in [3.05, 3.63) is 32.7 Å². The van der Waals surface area contributed by atoms with Crippen molar-refractivity contribution in [2.45, 2.75) is 31.1 Å². The van der Waals surface area contributed by atoms with Crippen LogP contribution in [0.5, 0.6) is 0 Å². The predicted molar refractivity (Wildman–Crippen MR) is 93.2 cm³/mol. The fourth-order valence-corrected chi connectivity index (χ4v) is 4.83. The fraction of sp³-hybridized carbons (Fsp3) is 0.500. The number of rotatable bonds is 1. The van der Waals surface area contributed by atoms with E-state index in [9.17, 15) is 18.0 Å². The van der Waals surface area contributed by atoms with Crippen molar-refractivity contribution < 1.29 is 18.3 Å². The molecule has 1 aliphatic heterocycles. The number of carboxylic acid groups (broad SMARTS) is 1. The number of aliphatic imine (C=N–C) groups is 1. The first kappa shape index (κ1) is 18.7. The molecule has 1 aliphatic rings. The lowest BCUT2D eigenvalue weighted by Gasteiger charge is -2.38. The van der Waals surface area contributed by atoms with E-state index < -0.39 is 37.5 Å². The van der Waals surface area contributed by atoms with Crippen LogP contribution >= 0.6 is 15.9 Å². The molecule has 1 unspecified atom stereocenters. The third kappa shape index (κ3) is 3.00. The number of hydrogen-bond acceptors (Lipinski definition) is 5. The Morgan fingerprint density at radius 1 is 1.42 bits per heavy atom. The first-order valence-electron chi connectivity index (χ1n) is 6.99. The van der Waals surface area contributed by atoms with E-state index in [0.29, 0.717) is 4.47 Å². The van der Waals surface area contributed by atoms with Crippen LogP contribution in [-0.4, -0.2) is 40.5 Å². The molecule has 0 spiro atoms. The van der Waals surface area contributed by atoms with Crippen molar-refractivity contribution >= 4 is 37.7 Å². The summed E-state index contributed by atoms with van der Waals surface area (Å²) >= 11 is 3.28. The number of carbonyl (C=O) groups is 1. The molecular weight excluding hydrogens is 402 g/mol. The van der Waals surface area contributed by atoms with E-state index in [1.54, 1.807) is 13.2 Å². The van der Waals surface area contributed by atoms with Gasteiger partial charge in [0.25, 0.3) is 5.56 Å². The Bertz CT molecular complexity index is 903. The number of sulfone groups is 1. The van der Waals surface area contributed by atoms with Crippen molar-refractivity contribution in [3.8, 4) is 0 Å². The molecule has 2 rings (SSSR count). The molecule has 1 atom stereocenters. The number of nitrogens with zero attached hydrogens (tertiary/aromatic N) is 2. The highest BCUT2D eigenvalue weighted by Gasteiger charge is 2.51. The van der Waals surface area contributed by atoms with Crippen LogP contribution in [0.3, 0.4) is 0 Å². The fourth-order valence-electron chi connectivity index (χ4n) is 2.59. The average molecular weight is 420 g/mol. The Kier molecular flexibility index (Phi) is 4.43. The number of nitrogens with one attached hydrogen (secondary N) is 1. The highest BCUT2D eigenvalue weighted by molar-refractivity contribution is 9.10. The topological polar surface area (TPSA) is 118 Å². The molecule has 8 nitrogen and oxygen atoms in total. The molecule has 1 aromatic heterocycles. The molecule has 1 amide bonds. The number of aromatic nitrogens is 1. The minimum Gasteiger partial charge on any atom is -0.465 e. The second-order valence-electron chi connectivity index (χ2n) is 6.42. The van der Waals surface area contributed by atoms with E-state index in [1.165, 1.54) is 31.4 Å². The molecular formula is C14H18BrN3O5S. The summed E-state index contributed by atoms with van der Waals surface area (Å²) in [7, 11) is -2.23. The summed E-state index contributed by atoms with van der Waals surface area (Å²) < 4.78 is 25.9. The summed E-state index contributed by atoms with van der Waals surface area (Å²) in [5.74, 6) is -0.602. The van der Waals surface area contributed by atoms with Crippen molar-refractivity contribution in [2.75, 3.05) is 5.75 Å². The number of pyridine rings is 1. The van der Waals surface area contributed by atoms with Gasteiger partial charge in [-0.2, -0.15) is 0 Å². The Morgan fingerprint density at radius 3 is 2.54 bits per heavy atom. The molecule has 0 radical (unpaired) electrons. The van der Waals surface area contributed by atoms with Crippen LogP contribution in [0.15, 0.2) is 26.5 Å². The quantitative estimate of drug-likeness (QED) is 0.709. The van der Waals surface area contributed by atoms with Gasteiger partial charge in [0.15, 0.2) is 9.84 Å². The smallest absolute Gasteiger partial charge is 0.410 e. The van der Waals surface area contributed by atoms with Crippen LogP contribution in [0.25, 0.3) is 0 Å². The van der Waals surface area contributed by atoms with Gasteiger partial charge in [0, 0.05) is 23.3 Å². The third-order valence-corrected chi connectivity index (χ3v) is 7.26. The second kappa shape index (κ2) is 5.69. The zero-order valence-corrected chi connectivity index (χ0v) is 16.0. The van der Waals surface area contributed by atoms with Crippen LogP contribution in [0.4, 0.5) is 4.79 Å². The summed E-state index contributed by atoms with van der Waals surface area (Å²) in [5.41, 5.74) is -1.62. The molecule has 2 heterocycles. The highest BCUT2D eigenvalue weighted by Crippen LogP contribution is 2.36. The third-order valence-electron chi connectivity index (χ3n) is 4.13. The van der Waals surface area contributed by atoms with Gasteiger partial charge in [-0.1, -0.05) is 0 Å². The molecule has 0 bridgehead atoms.